The van der Waals surface area contributed by atoms with Crippen molar-refractivity contribution in [3.63, 3.8) is 0 Å². The largest absolute Gasteiger partial charge is 0.469 e. The molecule has 6 heteroatoms. The fraction of sp³-hybridized carbons (Fsp3) is 0.567. The third-order valence-electron chi connectivity index (χ3n) is 8.02. The van der Waals surface area contributed by atoms with E-state index in [1.807, 2.05) is 0 Å². The number of carbonyl (C=O) groups excluding carboxylic acids is 1. The molecular formula is C30H44Cl2N2O2. The lowest BCUT2D eigenvalue weighted by Crippen LogP contribution is -2.39. The smallest absolute Gasteiger partial charge is 0.305 e. The molecule has 2 aliphatic rings. The first-order valence-corrected chi connectivity index (χ1v) is 13.4. The van der Waals surface area contributed by atoms with Gasteiger partial charge in [-0.15, -0.1) is 24.8 Å². The van der Waals surface area contributed by atoms with Crippen LogP contribution in [0, 0.1) is 5.92 Å². The molecule has 1 N–H and O–H groups in total. The summed E-state index contributed by atoms with van der Waals surface area (Å²) in [5.41, 5.74) is 4.35. The highest BCUT2D eigenvalue weighted by Gasteiger charge is 2.26. The maximum atomic E-state index is 11.5. The van der Waals surface area contributed by atoms with Crippen LogP contribution in [0.25, 0.3) is 0 Å². The summed E-state index contributed by atoms with van der Waals surface area (Å²) in [6, 6.07) is 21.0. The fourth-order valence-electron chi connectivity index (χ4n) is 5.82. The first kappa shape index (κ1) is 30.6. The van der Waals surface area contributed by atoms with Gasteiger partial charge in [0.1, 0.15) is 0 Å². The molecule has 2 fully saturated rings. The zero-order valence-electron chi connectivity index (χ0n) is 21.7. The average Bonchev–Trinajstić information content (AvgIpc) is 2.91. The van der Waals surface area contributed by atoms with Crippen LogP contribution < -0.4 is 5.32 Å². The predicted molar refractivity (Wildman–Crippen MR) is 153 cm³/mol. The summed E-state index contributed by atoms with van der Waals surface area (Å²) in [5, 5.41) is 3.48. The minimum Gasteiger partial charge on any atom is -0.469 e. The van der Waals surface area contributed by atoms with E-state index in [0.717, 1.165) is 39.0 Å². The quantitative estimate of drug-likeness (QED) is 0.350. The Bertz CT molecular complexity index is 864. The Morgan fingerprint density at radius 1 is 0.889 bits per heavy atom. The number of nitrogens with one attached hydrogen (secondary N) is 1. The van der Waals surface area contributed by atoms with Crippen LogP contribution in [0.1, 0.15) is 74.0 Å². The average molecular weight is 536 g/mol. The number of benzene rings is 2. The topological polar surface area (TPSA) is 41.6 Å². The molecule has 2 aromatic carbocycles. The molecule has 0 amide bonds. The van der Waals surface area contributed by atoms with Gasteiger partial charge in [-0.25, -0.2) is 0 Å². The van der Waals surface area contributed by atoms with Crippen LogP contribution in [0.2, 0.25) is 0 Å². The van der Waals surface area contributed by atoms with Gasteiger partial charge in [0.25, 0.3) is 0 Å². The SMILES string of the molecule is COC(=O)CC[C@H]1CC[C@H](N(CCc2ccccc2)Cc2ccc(C3CCNCC3)cc2)CC1.Cl.Cl. The number of methoxy groups -OCH3 is 1. The summed E-state index contributed by atoms with van der Waals surface area (Å²) < 4.78 is 4.84. The Morgan fingerprint density at radius 2 is 1.56 bits per heavy atom. The van der Waals surface area contributed by atoms with Gasteiger partial charge in [-0.2, -0.15) is 0 Å². The van der Waals surface area contributed by atoms with Crippen molar-refractivity contribution in [2.45, 2.75) is 76.3 Å². The molecule has 0 spiro atoms. The van der Waals surface area contributed by atoms with Crippen molar-refractivity contribution >= 4 is 30.8 Å². The Hall–Kier alpha value is -1.59. The number of esters is 1. The number of hydrogen-bond acceptors (Lipinski definition) is 4. The number of piperidine rings is 1. The van der Waals surface area contributed by atoms with Gasteiger partial charge in [-0.05, 0) is 93.0 Å². The molecule has 2 aromatic rings. The van der Waals surface area contributed by atoms with Gasteiger partial charge in [0.05, 0.1) is 7.11 Å². The van der Waals surface area contributed by atoms with E-state index in [0.29, 0.717) is 24.3 Å². The molecule has 0 unspecified atom stereocenters. The summed E-state index contributed by atoms with van der Waals surface area (Å²) >= 11 is 0. The van der Waals surface area contributed by atoms with E-state index in [1.165, 1.54) is 62.3 Å². The molecule has 4 nitrogen and oxygen atoms in total. The zero-order chi connectivity index (χ0) is 23.6. The zero-order valence-corrected chi connectivity index (χ0v) is 23.3. The minimum absolute atomic E-state index is 0. The van der Waals surface area contributed by atoms with Crippen molar-refractivity contribution in [3.05, 3.63) is 71.3 Å². The number of carbonyl (C=O) groups is 1. The summed E-state index contributed by atoms with van der Waals surface area (Å²) in [5.74, 6) is 1.31. The van der Waals surface area contributed by atoms with Crippen LogP contribution in [-0.4, -0.2) is 43.7 Å². The first-order chi connectivity index (χ1) is 16.7. The van der Waals surface area contributed by atoms with E-state index >= 15 is 0 Å². The second-order valence-corrected chi connectivity index (χ2v) is 10.3. The Kier molecular flexibility index (Phi) is 13.9. The molecule has 1 saturated heterocycles. The molecule has 4 rings (SSSR count). The van der Waals surface area contributed by atoms with E-state index in [2.05, 4.69) is 64.8 Å². The maximum Gasteiger partial charge on any atom is 0.305 e. The van der Waals surface area contributed by atoms with E-state index in [1.54, 1.807) is 0 Å². The van der Waals surface area contributed by atoms with Gasteiger partial charge in [-0.3, -0.25) is 9.69 Å². The molecule has 1 saturated carbocycles. The van der Waals surface area contributed by atoms with Gasteiger partial charge in [0, 0.05) is 25.6 Å². The van der Waals surface area contributed by atoms with Crippen LogP contribution in [-0.2, 0) is 22.5 Å². The van der Waals surface area contributed by atoms with Crippen LogP contribution >= 0.6 is 24.8 Å². The molecule has 1 heterocycles. The molecule has 1 aliphatic heterocycles. The lowest BCUT2D eigenvalue weighted by molar-refractivity contribution is -0.141. The van der Waals surface area contributed by atoms with E-state index in [4.69, 9.17) is 4.74 Å². The number of hydrogen-bond donors (Lipinski definition) is 1. The van der Waals surface area contributed by atoms with Gasteiger partial charge in [0.2, 0.25) is 0 Å². The molecule has 0 aromatic heterocycles. The first-order valence-electron chi connectivity index (χ1n) is 13.4. The summed E-state index contributed by atoms with van der Waals surface area (Å²) in [6.45, 7) is 4.40. The number of rotatable bonds is 10. The fourth-order valence-corrected chi connectivity index (χ4v) is 5.82. The molecule has 1 aliphatic carbocycles. The number of ether oxygens (including phenoxy) is 1. The third kappa shape index (κ3) is 9.37. The number of nitrogens with zero attached hydrogens (tertiary/aromatic N) is 1. The normalized spacial score (nSPS) is 20.3. The molecule has 36 heavy (non-hydrogen) atoms. The van der Waals surface area contributed by atoms with Gasteiger partial charge in [-0.1, -0.05) is 54.6 Å². The highest BCUT2D eigenvalue weighted by Crippen LogP contribution is 2.32. The van der Waals surface area contributed by atoms with Crippen molar-refractivity contribution in [2.24, 2.45) is 5.92 Å². The third-order valence-corrected chi connectivity index (χ3v) is 8.02. The van der Waals surface area contributed by atoms with Crippen LogP contribution in [0.3, 0.4) is 0 Å². The van der Waals surface area contributed by atoms with Crippen LogP contribution in [0.15, 0.2) is 54.6 Å². The van der Waals surface area contributed by atoms with Crippen LogP contribution in [0.5, 0.6) is 0 Å². The predicted octanol–water partition coefficient (Wildman–Crippen LogP) is 6.55. The van der Waals surface area contributed by atoms with Crippen molar-refractivity contribution in [1.29, 1.82) is 0 Å². The van der Waals surface area contributed by atoms with E-state index < -0.39 is 0 Å². The van der Waals surface area contributed by atoms with Crippen molar-refractivity contribution in [3.8, 4) is 0 Å². The molecule has 0 radical (unpaired) electrons. The van der Waals surface area contributed by atoms with Crippen molar-refractivity contribution < 1.29 is 9.53 Å². The molecular weight excluding hydrogens is 491 g/mol. The Morgan fingerprint density at radius 3 is 2.19 bits per heavy atom. The van der Waals surface area contributed by atoms with E-state index in [9.17, 15) is 4.79 Å². The molecule has 200 valence electrons. The highest BCUT2D eigenvalue weighted by molar-refractivity contribution is 5.85. The summed E-state index contributed by atoms with van der Waals surface area (Å²) in [4.78, 5) is 14.3. The molecule has 0 bridgehead atoms. The summed E-state index contributed by atoms with van der Waals surface area (Å²) in [6.07, 6.45) is 10.0. The minimum atomic E-state index is -0.0699. The second kappa shape index (κ2) is 16.3. The Labute approximate surface area is 230 Å². The Balaban J connectivity index is 0.00000228. The second-order valence-electron chi connectivity index (χ2n) is 10.3. The monoisotopic (exact) mass is 534 g/mol. The summed E-state index contributed by atoms with van der Waals surface area (Å²) in [7, 11) is 1.49. The lowest BCUT2D eigenvalue weighted by Gasteiger charge is -2.37. The standard InChI is InChI=1S/C30H42N2O2.2ClH/c1-34-30(33)16-11-25-9-14-29(15-10-25)32(22-19-24-5-3-2-4-6-24)23-26-7-12-27(13-8-26)28-17-20-31-21-18-28;;/h2-8,12-13,25,28-29,31H,9-11,14-23H2,1H3;2*1H/t25-,29-;;. The van der Waals surface area contributed by atoms with Gasteiger partial charge >= 0.3 is 5.97 Å². The lowest BCUT2D eigenvalue weighted by atomic mass is 9.82. The van der Waals surface area contributed by atoms with Crippen LogP contribution in [0.4, 0.5) is 0 Å². The van der Waals surface area contributed by atoms with Crippen molar-refractivity contribution in [1.82, 2.24) is 10.2 Å². The van der Waals surface area contributed by atoms with Crippen molar-refractivity contribution in [2.75, 3.05) is 26.7 Å². The van der Waals surface area contributed by atoms with Gasteiger partial charge in [0.15, 0.2) is 0 Å². The maximum absolute atomic E-state index is 11.5. The molecule has 0 atom stereocenters. The van der Waals surface area contributed by atoms with Gasteiger partial charge < -0.3 is 10.1 Å². The number of halogens is 2. The highest BCUT2D eigenvalue weighted by atomic mass is 35.5. The van der Waals surface area contributed by atoms with E-state index in [-0.39, 0.29) is 30.8 Å².